The monoisotopic (exact) mass is 423 g/mol. The fourth-order valence-corrected chi connectivity index (χ4v) is 4.87. The lowest BCUT2D eigenvalue weighted by Crippen LogP contribution is -2.32. The van der Waals surface area contributed by atoms with E-state index in [-0.39, 0.29) is 12.5 Å². The minimum absolute atomic E-state index is 0.0303. The topological polar surface area (TPSA) is 54.5 Å². The minimum Gasteiger partial charge on any atom is -0.484 e. The first-order valence-corrected chi connectivity index (χ1v) is 11.4. The molecule has 30 heavy (non-hydrogen) atoms. The van der Waals surface area contributed by atoms with E-state index in [0.717, 1.165) is 33.8 Å². The summed E-state index contributed by atoms with van der Waals surface area (Å²) < 4.78 is 6.75. The summed E-state index contributed by atoms with van der Waals surface area (Å²) >= 11 is 1.51. The molecular weight excluding hydrogens is 394 g/mol. The summed E-state index contributed by atoms with van der Waals surface area (Å²) in [6.07, 6.45) is 2.56. The van der Waals surface area contributed by atoms with E-state index in [4.69, 9.17) is 4.74 Å². The maximum Gasteiger partial charge on any atom is 0.264 e. The number of fused-ring (bicyclic) bond motifs is 1. The van der Waals surface area contributed by atoms with Gasteiger partial charge in [0.15, 0.2) is 11.7 Å². The maximum atomic E-state index is 12.3. The molecule has 1 fully saturated rings. The lowest BCUT2D eigenvalue weighted by atomic mass is 9.99. The van der Waals surface area contributed by atoms with E-state index >= 15 is 0 Å². The van der Waals surface area contributed by atoms with Crippen molar-refractivity contribution in [2.45, 2.75) is 40.2 Å². The van der Waals surface area contributed by atoms with E-state index in [1.807, 2.05) is 26.0 Å². The van der Waals surface area contributed by atoms with E-state index in [0.29, 0.717) is 10.9 Å². The average Bonchev–Trinajstić information content (AvgIpc) is 3.09. The molecule has 5 nitrogen and oxygen atoms in total. The molecule has 3 aromatic rings. The van der Waals surface area contributed by atoms with Gasteiger partial charge in [0.25, 0.3) is 5.91 Å². The molecule has 0 radical (unpaired) electrons. The van der Waals surface area contributed by atoms with Crippen LogP contribution in [0.1, 0.15) is 36.5 Å². The number of piperidine rings is 1. The number of carbonyl (C=O) groups is 1. The summed E-state index contributed by atoms with van der Waals surface area (Å²) in [5.41, 5.74) is 4.45. The number of nitrogens with zero attached hydrogens (tertiary/aromatic N) is 2. The molecule has 1 amide bonds. The van der Waals surface area contributed by atoms with Crippen LogP contribution in [0.5, 0.6) is 5.75 Å². The van der Waals surface area contributed by atoms with Crippen molar-refractivity contribution in [1.29, 1.82) is 0 Å². The van der Waals surface area contributed by atoms with Crippen LogP contribution in [0.3, 0.4) is 0 Å². The van der Waals surface area contributed by atoms with Crippen LogP contribution < -0.4 is 10.1 Å². The molecule has 4 rings (SSSR count). The maximum absolute atomic E-state index is 12.3. The molecular formula is C24H29N3O2S. The summed E-state index contributed by atoms with van der Waals surface area (Å²) in [7, 11) is 0. The van der Waals surface area contributed by atoms with Gasteiger partial charge in [0.05, 0.1) is 10.2 Å². The predicted octanol–water partition coefficient (Wildman–Crippen LogP) is 5.16. The first-order valence-electron chi connectivity index (χ1n) is 10.6. The average molecular weight is 424 g/mol. The van der Waals surface area contributed by atoms with Gasteiger partial charge in [0, 0.05) is 6.54 Å². The highest BCUT2D eigenvalue weighted by Crippen LogP contribution is 2.28. The molecule has 158 valence electrons. The molecule has 0 spiro atoms. The summed E-state index contributed by atoms with van der Waals surface area (Å²) in [4.78, 5) is 19.4. The van der Waals surface area contributed by atoms with Gasteiger partial charge in [0.2, 0.25) is 0 Å². The van der Waals surface area contributed by atoms with Crippen molar-refractivity contribution in [3.63, 3.8) is 0 Å². The van der Waals surface area contributed by atoms with Crippen LogP contribution in [0.2, 0.25) is 0 Å². The number of aryl methyl sites for hydroxylation is 2. The number of likely N-dealkylation sites (tertiary alicyclic amines) is 1. The van der Waals surface area contributed by atoms with Crippen molar-refractivity contribution in [2.75, 3.05) is 25.0 Å². The second-order valence-electron chi connectivity index (χ2n) is 8.44. The molecule has 2 heterocycles. The second-order valence-corrected chi connectivity index (χ2v) is 9.47. The van der Waals surface area contributed by atoms with Gasteiger partial charge < -0.3 is 4.74 Å². The van der Waals surface area contributed by atoms with Gasteiger partial charge >= 0.3 is 0 Å². The smallest absolute Gasteiger partial charge is 0.264 e. The molecule has 1 aliphatic rings. The lowest BCUT2D eigenvalue weighted by Gasteiger charge is -2.30. The van der Waals surface area contributed by atoms with Gasteiger partial charge in [0.1, 0.15) is 5.75 Å². The van der Waals surface area contributed by atoms with Gasteiger partial charge in [-0.1, -0.05) is 30.4 Å². The van der Waals surface area contributed by atoms with Crippen LogP contribution in [0, 0.1) is 19.8 Å². The fourth-order valence-electron chi connectivity index (χ4n) is 3.92. The summed E-state index contributed by atoms with van der Waals surface area (Å²) in [6.45, 7) is 9.66. The zero-order valence-corrected chi connectivity index (χ0v) is 18.7. The van der Waals surface area contributed by atoms with Crippen molar-refractivity contribution in [2.24, 2.45) is 5.92 Å². The molecule has 6 heteroatoms. The number of hydrogen-bond donors (Lipinski definition) is 1. The molecule has 1 aliphatic heterocycles. The Bertz CT molecular complexity index is 1020. The highest BCUT2D eigenvalue weighted by molar-refractivity contribution is 7.22. The van der Waals surface area contributed by atoms with Crippen molar-refractivity contribution in [3.05, 3.63) is 53.1 Å². The van der Waals surface area contributed by atoms with Gasteiger partial charge in [-0.15, -0.1) is 0 Å². The van der Waals surface area contributed by atoms with Crippen LogP contribution in [-0.4, -0.2) is 35.5 Å². The van der Waals surface area contributed by atoms with E-state index < -0.39 is 0 Å². The third kappa shape index (κ3) is 5.37. The van der Waals surface area contributed by atoms with Crippen molar-refractivity contribution < 1.29 is 9.53 Å². The Kier molecular flexibility index (Phi) is 6.35. The number of nitrogens with one attached hydrogen (secondary N) is 1. The molecule has 0 unspecified atom stereocenters. The standard InChI is InChI=1S/C24H29N3O2S/c1-16-6-8-27(9-7-16)14-19-4-5-21-22(13-19)30-24(25-21)26-23(28)15-29-20-11-17(2)10-18(3)12-20/h4-5,10-13,16H,6-9,14-15H2,1-3H3,(H,25,26,28). The third-order valence-electron chi connectivity index (χ3n) is 5.55. The number of carbonyl (C=O) groups excluding carboxylic acids is 1. The van der Waals surface area contributed by atoms with Crippen molar-refractivity contribution >= 4 is 32.6 Å². The lowest BCUT2D eigenvalue weighted by molar-refractivity contribution is -0.118. The van der Waals surface area contributed by atoms with E-state index in [2.05, 4.69) is 46.4 Å². The minimum atomic E-state index is -0.198. The largest absolute Gasteiger partial charge is 0.484 e. The zero-order chi connectivity index (χ0) is 21.1. The number of hydrogen-bond acceptors (Lipinski definition) is 5. The number of anilines is 1. The molecule has 0 bridgehead atoms. The Balaban J connectivity index is 1.35. The van der Waals surface area contributed by atoms with Crippen LogP contribution in [0.15, 0.2) is 36.4 Å². The van der Waals surface area contributed by atoms with Crippen molar-refractivity contribution in [1.82, 2.24) is 9.88 Å². The molecule has 1 N–H and O–H groups in total. The number of thiazole rings is 1. The Morgan fingerprint density at radius 1 is 1.17 bits per heavy atom. The highest BCUT2D eigenvalue weighted by atomic mass is 32.1. The summed E-state index contributed by atoms with van der Waals surface area (Å²) in [5, 5.41) is 3.48. The third-order valence-corrected chi connectivity index (χ3v) is 6.48. The number of aromatic nitrogens is 1. The van der Waals surface area contributed by atoms with Gasteiger partial charge in [-0.05, 0) is 86.7 Å². The molecule has 0 atom stereocenters. The molecule has 2 aromatic carbocycles. The van der Waals surface area contributed by atoms with E-state index in [1.165, 1.54) is 42.8 Å². The fraction of sp³-hybridized carbons (Fsp3) is 0.417. The van der Waals surface area contributed by atoms with Gasteiger partial charge in [-0.2, -0.15) is 0 Å². The van der Waals surface area contributed by atoms with Crippen LogP contribution in [0.4, 0.5) is 5.13 Å². The van der Waals surface area contributed by atoms with Gasteiger partial charge in [-0.25, -0.2) is 4.98 Å². The normalized spacial score (nSPS) is 15.4. The quantitative estimate of drug-likeness (QED) is 0.595. The predicted molar refractivity (Wildman–Crippen MR) is 123 cm³/mol. The van der Waals surface area contributed by atoms with E-state index in [9.17, 15) is 4.79 Å². The number of ether oxygens (including phenoxy) is 1. The number of benzene rings is 2. The Morgan fingerprint density at radius 3 is 2.63 bits per heavy atom. The summed E-state index contributed by atoms with van der Waals surface area (Å²) in [5.74, 6) is 1.36. The number of rotatable bonds is 6. The van der Waals surface area contributed by atoms with Crippen molar-refractivity contribution in [3.8, 4) is 5.75 Å². The zero-order valence-electron chi connectivity index (χ0n) is 17.9. The van der Waals surface area contributed by atoms with Crippen LogP contribution in [-0.2, 0) is 11.3 Å². The first-order chi connectivity index (χ1) is 14.4. The second kappa shape index (κ2) is 9.14. The molecule has 0 saturated carbocycles. The SMILES string of the molecule is Cc1cc(C)cc(OCC(=O)Nc2nc3ccc(CN4CCC(C)CC4)cc3s2)c1. The van der Waals surface area contributed by atoms with Crippen LogP contribution in [0.25, 0.3) is 10.2 Å². The summed E-state index contributed by atoms with van der Waals surface area (Å²) in [6, 6.07) is 12.3. The Hall–Kier alpha value is -2.44. The first kappa shape index (κ1) is 20.8. The molecule has 0 aliphatic carbocycles. The Labute approximate surface area is 182 Å². The van der Waals surface area contributed by atoms with Gasteiger partial charge in [-0.3, -0.25) is 15.0 Å². The number of amides is 1. The highest BCUT2D eigenvalue weighted by Gasteiger charge is 2.16. The van der Waals surface area contributed by atoms with Crippen LogP contribution >= 0.6 is 11.3 Å². The molecule has 1 saturated heterocycles. The Morgan fingerprint density at radius 2 is 1.90 bits per heavy atom. The van der Waals surface area contributed by atoms with E-state index in [1.54, 1.807) is 0 Å². The molecule has 1 aromatic heterocycles.